The number of aliphatic hydroxyl groups excluding tert-OH is 1. The van der Waals surface area contributed by atoms with Gasteiger partial charge in [0, 0.05) is 12.3 Å². The largest absolute Gasteiger partial charge is 0.477 e. The van der Waals surface area contributed by atoms with Crippen LogP contribution in [0.1, 0.15) is 13.3 Å². The number of carboxylic acids is 1. The second kappa shape index (κ2) is 3.64. The monoisotopic (exact) mass is 204 g/mol. The van der Waals surface area contributed by atoms with Gasteiger partial charge >= 0.3 is 5.97 Å². The van der Waals surface area contributed by atoms with E-state index in [0.29, 0.717) is 6.29 Å². The van der Waals surface area contributed by atoms with Crippen molar-refractivity contribution in [1.29, 1.82) is 0 Å². The summed E-state index contributed by atoms with van der Waals surface area (Å²) >= 11 is 0. The third-order valence-electron chi connectivity index (χ3n) is 2.41. The highest BCUT2D eigenvalue weighted by Crippen LogP contribution is 2.30. The fraction of sp³-hybridized carbons (Fsp3) is 0.750. The number of ether oxygens (including phenoxy) is 1. The maximum absolute atomic E-state index is 10.6. The molecule has 0 spiro atoms. The van der Waals surface area contributed by atoms with Crippen molar-refractivity contribution >= 4 is 12.3 Å². The molecule has 3 N–H and O–H groups in total. The first-order valence-corrected chi connectivity index (χ1v) is 4.17. The molecule has 14 heavy (non-hydrogen) atoms. The fourth-order valence-electron chi connectivity index (χ4n) is 1.36. The number of hydrogen-bond acceptors (Lipinski definition) is 5. The molecule has 4 atom stereocenters. The van der Waals surface area contributed by atoms with Gasteiger partial charge in [0.05, 0.1) is 6.10 Å². The smallest absolute Gasteiger partial charge is 0.364 e. The van der Waals surface area contributed by atoms with Crippen LogP contribution in [0.25, 0.3) is 0 Å². The molecule has 0 aromatic heterocycles. The molecule has 1 aliphatic rings. The van der Waals surface area contributed by atoms with E-state index in [4.69, 9.17) is 9.84 Å². The lowest BCUT2D eigenvalue weighted by Crippen LogP contribution is -2.55. The van der Waals surface area contributed by atoms with Gasteiger partial charge in [-0.3, -0.25) is 0 Å². The summed E-state index contributed by atoms with van der Waals surface area (Å²) in [6.45, 7) is 1.55. The molecule has 0 saturated carbocycles. The number of carboxylic acid groups (broad SMARTS) is 1. The number of aldehydes is 1. The predicted molar refractivity (Wildman–Crippen MR) is 43.3 cm³/mol. The maximum atomic E-state index is 10.6. The predicted octanol–water partition coefficient (Wildman–Crippen LogP) is -1.26. The van der Waals surface area contributed by atoms with Crippen molar-refractivity contribution in [3.05, 3.63) is 0 Å². The Morgan fingerprint density at radius 3 is 2.64 bits per heavy atom. The van der Waals surface area contributed by atoms with Crippen LogP contribution in [0.2, 0.25) is 0 Å². The normalized spacial score (nSPS) is 43.2. The van der Waals surface area contributed by atoms with Crippen LogP contribution in [0.3, 0.4) is 0 Å². The summed E-state index contributed by atoms with van der Waals surface area (Å²) in [5, 5.41) is 27.4. The molecular weight excluding hydrogens is 192 g/mol. The van der Waals surface area contributed by atoms with E-state index in [1.807, 2.05) is 0 Å². The summed E-state index contributed by atoms with van der Waals surface area (Å²) in [6.07, 6.45) is -2.23. The van der Waals surface area contributed by atoms with Crippen molar-refractivity contribution in [1.82, 2.24) is 0 Å². The average molecular weight is 204 g/mol. The van der Waals surface area contributed by atoms with Crippen LogP contribution in [-0.2, 0) is 14.3 Å². The van der Waals surface area contributed by atoms with E-state index in [1.54, 1.807) is 6.92 Å². The van der Waals surface area contributed by atoms with E-state index in [2.05, 4.69) is 0 Å². The molecule has 0 amide bonds. The second-order valence-corrected chi connectivity index (χ2v) is 3.44. The van der Waals surface area contributed by atoms with Gasteiger partial charge in [-0.1, -0.05) is 6.92 Å². The van der Waals surface area contributed by atoms with Crippen LogP contribution in [0.15, 0.2) is 0 Å². The SMILES string of the molecule is CC1C(O)CC(O)(C(=O)O)OC1C=O. The first kappa shape index (κ1) is 11.1. The Bertz CT molecular complexity index is 252. The number of rotatable bonds is 2. The zero-order valence-electron chi connectivity index (χ0n) is 7.58. The summed E-state index contributed by atoms with van der Waals surface area (Å²) in [5.41, 5.74) is 0. The van der Waals surface area contributed by atoms with E-state index in [9.17, 15) is 19.8 Å². The van der Waals surface area contributed by atoms with Crippen LogP contribution in [0, 0.1) is 5.92 Å². The third-order valence-corrected chi connectivity index (χ3v) is 2.41. The zero-order valence-corrected chi connectivity index (χ0v) is 7.58. The molecule has 4 unspecified atom stereocenters. The summed E-state index contributed by atoms with van der Waals surface area (Å²) < 4.78 is 4.70. The molecule has 0 bridgehead atoms. The van der Waals surface area contributed by atoms with Crippen LogP contribution in [-0.4, -0.2) is 45.6 Å². The van der Waals surface area contributed by atoms with E-state index in [0.717, 1.165) is 0 Å². The molecular formula is C8H12O6. The summed E-state index contributed by atoms with van der Waals surface area (Å²) in [6, 6.07) is 0. The topological polar surface area (TPSA) is 104 Å². The van der Waals surface area contributed by atoms with Crippen molar-refractivity contribution in [3.8, 4) is 0 Å². The number of carbonyl (C=O) groups is 2. The van der Waals surface area contributed by atoms with Gasteiger partial charge < -0.3 is 24.9 Å². The molecule has 1 rings (SSSR count). The lowest BCUT2D eigenvalue weighted by atomic mass is 9.89. The highest BCUT2D eigenvalue weighted by Gasteiger charge is 2.49. The van der Waals surface area contributed by atoms with Gasteiger partial charge in [0.25, 0.3) is 5.79 Å². The van der Waals surface area contributed by atoms with E-state index in [1.165, 1.54) is 0 Å². The first-order valence-electron chi connectivity index (χ1n) is 4.17. The van der Waals surface area contributed by atoms with Gasteiger partial charge in [0.1, 0.15) is 12.4 Å². The minimum absolute atomic E-state index is 0.376. The van der Waals surface area contributed by atoms with Crippen molar-refractivity contribution in [2.24, 2.45) is 5.92 Å². The summed E-state index contributed by atoms with van der Waals surface area (Å²) in [5.74, 6) is -4.58. The highest BCUT2D eigenvalue weighted by molar-refractivity contribution is 5.76. The minimum atomic E-state index is -2.46. The number of hydrogen-bond donors (Lipinski definition) is 3. The molecule has 6 heteroatoms. The van der Waals surface area contributed by atoms with Gasteiger partial charge in [-0.05, 0) is 0 Å². The zero-order chi connectivity index (χ0) is 10.9. The molecule has 0 radical (unpaired) electrons. The Morgan fingerprint density at radius 1 is 1.64 bits per heavy atom. The molecule has 80 valence electrons. The fourth-order valence-corrected chi connectivity index (χ4v) is 1.36. The molecule has 1 saturated heterocycles. The standard InChI is InChI=1S/C8H12O6/c1-4-5(10)2-8(13,7(11)12)14-6(4)3-9/h3-6,10,13H,2H2,1H3,(H,11,12). The van der Waals surface area contributed by atoms with Crippen LogP contribution in [0.5, 0.6) is 0 Å². The van der Waals surface area contributed by atoms with Crippen molar-refractivity contribution in [2.75, 3.05) is 0 Å². The Morgan fingerprint density at radius 2 is 2.21 bits per heavy atom. The van der Waals surface area contributed by atoms with Crippen molar-refractivity contribution in [3.63, 3.8) is 0 Å². The van der Waals surface area contributed by atoms with Gasteiger partial charge in [0.2, 0.25) is 0 Å². The molecule has 0 aromatic rings. The number of carbonyl (C=O) groups excluding carboxylic acids is 1. The van der Waals surface area contributed by atoms with Gasteiger partial charge in [-0.2, -0.15) is 0 Å². The van der Waals surface area contributed by atoms with Crippen LogP contribution >= 0.6 is 0 Å². The molecule has 1 heterocycles. The molecule has 6 nitrogen and oxygen atoms in total. The Balaban J connectivity index is 2.87. The number of aliphatic carboxylic acids is 1. The molecule has 0 aliphatic carbocycles. The van der Waals surface area contributed by atoms with E-state index < -0.39 is 36.3 Å². The van der Waals surface area contributed by atoms with Crippen molar-refractivity contribution < 1.29 is 29.6 Å². The van der Waals surface area contributed by atoms with E-state index in [-0.39, 0.29) is 0 Å². The minimum Gasteiger partial charge on any atom is -0.477 e. The van der Waals surface area contributed by atoms with Crippen LogP contribution < -0.4 is 0 Å². The summed E-state index contributed by atoms with van der Waals surface area (Å²) in [4.78, 5) is 21.1. The van der Waals surface area contributed by atoms with E-state index >= 15 is 0 Å². The molecule has 0 aromatic carbocycles. The Hall–Kier alpha value is -0.980. The summed E-state index contributed by atoms with van der Waals surface area (Å²) in [7, 11) is 0. The van der Waals surface area contributed by atoms with Gasteiger partial charge in [-0.25, -0.2) is 4.79 Å². The number of aliphatic hydroxyl groups is 2. The van der Waals surface area contributed by atoms with Gasteiger partial charge in [0.15, 0.2) is 0 Å². The lowest BCUT2D eigenvalue weighted by Gasteiger charge is -2.38. The Labute approximate surface area is 80.1 Å². The quantitative estimate of drug-likeness (QED) is 0.485. The maximum Gasteiger partial charge on any atom is 0.364 e. The molecule has 1 aliphatic heterocycles. The van der Waals surface area contributed by atoms with Crippen molar-refractivity contribution in [2.45, 2.75) is 31.3 Å². The van der Waals surface area contributed by atoms with Crippen LogP contribution in [0.4, 0.5) is 0 Å². The lowest BCUT2D eigenvalue weighted by molar-refractivity contribution is -0.275. The second-order valence-electron chi connectivity index (χ2n) is 3.44. The highest BCUT2D eigenvalue weighted by atomic mass is 16.7. The van der Waals surface area contributed by atoms with Gasteiger partial charge in [-0.15, -0.1) is 0 Å². The third kappa shape index (κ3) is 1.77. The average Bonchev–Trinajstić information content (AvgIpc) is 2.11. The molecule has 1 fully saturated rings. The first-order chi connectivity index (χ1) is 6.40. The Kier molecular flexibility index (Phi) is 2.89.